The summed E-state index contributed by atoms with van der Waals surface area (Å²) in [5.41, 5.74) is 0.473. The minimum atomic E-state index is -0.766. The molecule has 2 rings (SSSR count). The molecular weight excluding hydrogens is 188 g/mol. The van der Waals surface area contributed by atoms with Crippen LogP contribution in [0.5, 0.6) is 5.75 Å². The smallest absolute Gasteiger partial charge is 0.123 e. The van der Waals surface area contributed by atoms with Crippen LogP contribution >= 0.6 is 0 Å². The van der Waals surface area contributed by atoms with Crippen LogP contribution in [-0.2, 0) is 6.42 Å². The second kappa shape index (κ2) is 3.70. The zero-order chi connectivity index (χ0) is 10.9. The Kier molecular flexibility index (Phi) is 2.53. The van der Waals surface area contributed by atoms with Gasteiger partial charge in [-0.15, -0.1) is 0 Å². The Labute approximate surface area is 90.2 Å². The van der Waals surface area contributed by atoms with Crippen LogP contribution in [-0.4, -0.2) is 16.8 Å². The molecule has 1 aromatic rings. The van der Waals surface area contributed by atoms with E-state index in [4.69, 9.17) is 4.74 Å². The highest BCUT2D eigenvalue weighted by atomic mass is 16.5. The SMILES string of the molecule is CC(C)(O)/C=C/[C@H]1Cc2ccccc2O1. The summed E-state index contributed by atoms with van der Waals surface area (Å²) in [4.78, 5) is 0. The quantitative estimate of drug-likeness (QED) is 0.749. The fraction of sp³-hybridized carbons (Fsp3) is 0.385. The van der Waals surface area contributed by atoms with Crippen molar-refractivity contribution in [1.82, 2.24) is 0 Å². The van der Waals surface area contributed by atoms with Gasteiger partial charge in [0.2, 0.25) is 0 Å². The number of fused-ring (bicyclic) bond motifs is 1. The van der Waals surface area contributed by atoms with Crippen molar-refractivity contribution in [3.8, 4) is 5.75 Å². The van der Waals surface area contributed by atoms with Crippen LogP contribution in [0.2, 0.25) is 0 Å². The zero-order valence-electron chi connectivity index (χ0n) is 9.10. The molecule has 1 aliphatic rings. The predicted molar refractivity (Wildman–Crippen MR) is 60.0 cm³/mol. The van der Waals surface area contributed by atoms with Gasteiger partial charge in [-0.3, -0.25) is 0 Å². The van der Waals surface area contributed by atoms with Gasteiger partial charge in [0.25, 0.3) is 0 Å². The summed E-state index contributed by atoms with van der Waals surface area (Å²) in [6.07, 6.45) is 4.67. The summed E-state index contributed by atoms with van der Waals surface area (Å²) in [6.45, 7) is 3.51. The maximum atomic E-state index is 9.55. The first kappa shape index (κ1) is 10.2. The monoisotopic (exact) mass is 204 g/mol. The molecule has 15 heavy (non-hydrogen) atoms. The van der Waals surface area contributed by atoms with Crippen molar-refractivity contribution in [2.75, 3.05) is 0 Å². The standard InChI is InChI=1S/C13H16O2/c1-13(2,14)8-7-11-9-10-5-3-4-6-12(10)15-11/h3-8,11,14H,9H2,1-2H3/b8-7+/t11-/m0/s1. The normalized spacial score (nSPS) is 20.3. The van der Waals surface area contributed by atoms with Gasteiger partial charge < -0.3 is 9.84 Å². The molecule has 0 aliphatic carbocycles. The molecule has 0 fully saturated rings. The Hall–Kier alpha value is -1.28. The molecule has 1 aliphatic heterocycles. The van der Waals surface area contributed by atoms with Crippen LogP contribution < -0.4 is 4.74 Å². The Morgan fingerprint density at radius 2 is 2.13 bits per heavy atom. The number of rotatable bonds is 2. The van der Waals surface area contributed by atoms with E-state index in [2.05, 4.69) is 6.07 Å². The summed E-state index contributed by atoms with van der Waals surface area (Å²) in [5.74, 6) is 0.961. The molecular formula is C13H16O2. The van der Waals surface area contributed by atoms with E-state index in [1.165, 1.54) is 5.56 Å². The molecule has 1 heterocycles. The lowest BCUT2D eigenvalue weighted by molar-refractivity contribution is 0.131. The van der Waals surface area contributed by atoms with E-state index in [1.807, 2.05) is 24.3 Å². The minimum Gasteiger partial charge on any atom is -0.486 e. The van der Waals surface area contributed by atoms with E-state index in [-0.39, 0.29) is 6.10 Å². The van der Waals surface area contributed by atoms with Gasteiger partial charge in [0.1, 0.15) is 11.9 Å². The topological polar surface area (TPSA) is 29.5 Å². The average Bonchev–Trinajstić information content (AvgIpc) is 2.56. The van der Waals surface area contributed by atoms with Crippen LogP contribution in [0.3, 0.4) is 0 Å². The number of para-hydroxylation sites is 1. The maximum Gasteiger partial charge on any atom is 0.123 e. The van der Waals surface area contributed by atoms with Crippen LogP contribution in [0.25, 0.3) is 0 Å². The molecule has 2 heteroatoms. The van der Waals surface area contributed by atoms with Gasteiger partial charge in [-0.2, -0.15) is 0 Å². The van der Waals surface area contributed by atoms with Gasteiger partial charge in [-0.25, -0.2) is 0 Å². The largest absolute Gasteiger partial charge is 0.486 e. The average molecular weight is 204 g/mol. The number of benzene rings is 1. The predicted octanol–water partition coefficient (Wildman–Crippen LogP) is 2.32. The van der Waals surface area contributed by atoms with Gasteiger partial charge in [0.15, 0.2) is 0 Å². The van der Waals surface area contributed by atoms with Crippen molar-refractivity contribution in [1.29, 1.82) is 0 Å². The third kappa shape index (κ3) is 2.60. The molecule has 0 amide bonds. The van der Waals surface area contributed by atoms with E-state index in [0.29, 0.717) is 0 Å². The summed E-state index contributed by atoms with van der Waals surface area (Å²) >= 11 is 0. The summed E-state index contributed by atoms with van der Waals surface area (Å²) in [7, 11) is 0. The molecule has 0 radical (unpaired) electrons. The van der Waals surface area contributed by atoms with Crippen molar-refractivity contribution in [3.63, 3.8) is 0 Å². The van der Waals surface area contributed by atoms with Crippen molar-refractivity contribution >= 4 is 0 Å². The van der Waals surface area contributed by atoms with Crippen molar-refractivity contribution in [2.45, 2.75) is 32.0 Å². The van der Waals surface area contributed by atoms with E-state index in [0.717, 1.165) is 12.2 Å². The van der Waals surface area contributed by atoms with Crippen LogP contribution in [0.4, 0.5) is 0 Å². The first-order valence-electron chi connectivity index (χ1n) is 5.21. The molecule has 1 aromatic carbocycles. The van der Waals surface area contributed by atoms with Crippen LogP contribution in [0.15, 0.2) is 36.4 Å². The van der Waals surface area contributed by atoms with Crippen molar-refractivity contribution in [2.24, 2.45) is 0 Å². The Morgan fingerprint density at radius 1 is 1.40 bits per heavy atom. The molecule has 0 aromatic heterocycles. The van der Waals surface area contributed by atoms with E-state index < -0.39 is 5.60 Å². The first-order valence-corrected chi connectivity index (χ1v) is 5.21. The van der Waals surface area contributed by atoms with Gasteiger partial charge in [-0.05, 0) is 31.6 Å². The second-order valence-electron chi connectivity index (χ2n) is 4.48. The highest BCUT2D eigenvalue weighted by molar-refractivity contribution is 5.38. The zero-order valence-corrected chi connectivity index (χ0v) is 9.10. The first-order chi connectivity index (χ1) is 7.04. The van der Waals surface area contributed by atoms with E-state index in [1.54, 1.807) is 19.9 Å². The minimum absolute atomic E-state index is 0.0637. The molecule has 2 nitrogen and oxygen atoms in total. The molecule has 0 spiro atoms. The molecule has 1 N–H and O–H groups in total. The number of aliphatic hydroxyl groups is 1. The van der Waals surface area contributed by atoms with Crippen LogP contribution in [0, 0.1) is 0 Å². The third-order valence-corrected chi connectivity index (χ3v) is 2.39. The Balaban J connectivity index is 2.05. The highest BCUT2D eigenvalue weighted by Gasteiger charge is 2.20. The summed E-state index contributed by atoms with van der Waals surface area (Å²) < 4.78 is 5.70. The lowest BCUT2D eigenvalue weighted by atomic mass is 10.1. The number of ether oxygens (including phenoxy) is 1. The Bertz CT molecular complexity index is 349. The molecule has 0 saturated carbocycles. The lowest BCUT2D eigenvalue weighted by Crippen LogP contribution is -2.17. The van der Waals surface area contributed by atoms with Crippen LogP contribution in [0.1, 0.15) is 19.4 Å². The van der Waals surface area contributed by atoms with Gasteiger partial charge in [0, 0.05) is 6.42 Å². The number of hydrogen-bond donors (Lipinski definition) is 1. The molecule has 0 bridgehead atoms. The second-order valence-corrected chi connectivity index (χ2v) is 4.48. The van der Waals surface area contributed by atoms with E-state index in [9.17, 15) is 5.11 Å². The van der Waals surface area contributed by atoms with Gasteiger partial charge in [0.05, 0.1) is 5.60 Å². The molecule has 80 valence electrons. The number of hydrogen-bond acceptors (Lipinski definition) is 2. The van der Waals surface area contributed by atoms with Gasteiger partial charge in [-0.1, -0.05) is 24.3 Å². The lowest BCUT2D eigenvalue weighted by Gasteiger charge is -2.12. The third-order valence-electron chi connectivity index (χ3n) is 2.39. The molecule has 1 atom stereocenters. The fourth-order valence-corrected chi connectivity index (χ4v) is 1.66. The molecule has 0 saturated heterocycles. The maximum absolute atomic E-state index is 9.55. The fourth-order valence-electron chi connectivity index (χ4n) is 1.66. The summed E-state index contributed by atoms with van der Waals surface area (Å²) in [6, 6.07) is 8.05. The highest BCUT2D eigenvalue weighted by Crippen LogP contribution is 2.28. The summed E-state index contributed by atoms with van der Waals surface area (Å²) in [5, 5.41) is 9.55. The van der Waals surface area contributed by atoms with Crippen molar-refractivity contribution in [3.05, 3.63) is 42.0 Å². The van der Waals surface area contributed by atoms with Gasteiger partial charge >= 0.3 is 0 Å². The Morgan fingerprint density at radius 3 is 2.80 bits per heavy atom. The van der Waals surface area contributed by atoms with E-state index >= 15 is 0 Å². The molecule has 0 unspecified atom stereocenters. The van der Waals surface area contributed by atoms with Crippen molar-refractivity contribution < 1.29 is 9.84 Å².